The Kier molecular flexibility index (Phi) is 6.01. The summed E-state index contributed by atoms with van der Waals surface area (Å²) < 4.78 is 10.0. The third kappa shape index (κ3) is 4.94. The van der Waals surface area contributed by atoms with Crippen molar-refractivity contribution >= 4 is 17.6 Å². The van der Waals surface area contributed by atoms with Crippen LogP contribution < -0.4 is 15.4 Å². The van der Waals surface area contributed by atoms with Gasteiger partial charge in [0.05, 0.1) is 18.2 Å². The Balaban J connectivity index is 1.56. The molecule has 0 spiro atoms. The van der Waals surface area contributed by atoms with Gasteiger partial charge in [-0.1, -0.05) is 17.3 Å². The zero-order valence-corrected chi connectivity index (χ0v) is 15.6. The number of amides is 2. The van der Waals surface area contributed by atoms with Crippen molar-refractivity contribution in [3.8, 4) is 5.75 Å². The molecule has 144 valence electrons. The van der Waals surface area contributed by atoms with Crippen LogP contribution in [0, 0.1) is 6.92 Å². The number of aromatic nitrogens is 2. The molecule has 0 aliphatic carbocycles. The number of hydrogen-bond donors (Lipinski definition) is 2. The molecule has 3 aromatic rings. The highest BCUT2D eigenvalue weighted by Gasteiger charge is 2.13. The molecule has 0 radical (unpaired) electrons. The summed E-state index contributed by atoms with van der Waals surface area (Å²) in [7, 11) is 1.62. The van der Waals surface area contributed by atoms with E-state index in [1.165, 1.54) is 18.5 Å². The normalized spacial score (nSPS) is 10.4. The summed E-state index contributed by atoms with van der Waals surface area (Å²) in [6.45, 7) is 2.18. The summed E-state index contributed by atoms with van der Waals surface area (Å²) in [6, 6.07) is 10.7. The summed E-state index contributed by atoms with van der Waals surface area (Å²) >= 11 is 0. The van der Waals surface area contributed by atoms with Crippen molar-refractivity contribution in [3.05, 3.63) is 71.2 Å². The number of rotatable bonds is 7. The minimum absolute atomic E-state index is 0.253. The van der Waals surface area contributed by atoms with Crippen LogP contribution in [0.4, 0.5) is 5.82 Å². The number of ether oxygens (including phenoxy) is 1. The Morgan fingerprint density at radius 2 is 1.79 bits per heavy atom. The predicted octanol–water partition coefficient (Wildman–Crippen LogP) is 2.61. The van der Waals surface area contributed by atoms with E-state index in [4.69, 9.17) is 9.26 Å². The maximum atomic E-state index is 12.3. The Morgan fingerprint density at radius 1 is 1.07 bits per heavy atom. The molecular formula is C20H20N4O4. The molecule has 2 aromatic heterocycles. The molecule has 8 heteroatoms. The fraction of sp³-hybridized carbons (Fsp3) is 0.200. The lowest BCUT2D eigenvalue weighted by Gasteiger charge is -2.07. The topological polar surface area (TPSA) is 106 Å². The largest absolute Gasteiger partial charge is 0.497 e. The van der Waals surface area contributed by atoms with Crippen molar-refractivity contribution in [2.75, 3.05) is 19.0 Å². The predicted molar refractivity (Wildman–Crippen MR) is 102 cm³/mol. The Bertz CT molecular complexity index is 966. The number of carbonyl (C=O) groups excluding carboxylic acids is 2. The Labute approximate surface area is 161 Å². The van der Waals surface area contributed by atoms with Crippen LogP contribution in [0.5, 0.6) is 5.75 Å². The smallest absolute Gasteiger partial charge is 0.258 e. The molecule has 0 aliphatic heterocycles. The molecule has 2 amide bonds. The summed E-state index contributed by atoms with van der Waals surface area (Å²) in [4.78, 5) is 28.6. The SMILES string of the molecule is COc1ccc(CCNC(=O)c2cncc(C(=O)Nc3cc(C)on3)c2)cc1. The van der Waals surface area contributed by atoms with Crippen molar-refractivity contribution in [1.82, 2.24) is 15.5 Å². The summed E-state index contributed by atoms with van der Waals surface area (Å²) in [5.41, 5.74) is 1.64. The van der Waals surface area contributed by atoms with E-state index in [1.54, 1.807) is 20.1 Å². The van der Waals surface area contributed by atoms with E-state index in [2.05, 4.69) is 20.8 Å². The molecular weight excluding hydrogens is 360 g/mol. The minimum Gasteiger partial charge on any atom is -0.497 e. The number of anilines is 1. The van der Waals surface area contributed by atoms with Gasteiger partial charge in [-0.25, -0.2) is 0 Å². The van der Waals surface area contributed by atoms with Crippen LogP contribution in [0.15, 0.2) is 53.3 Å². The fourth-order valence-electron chi connectivity index (χ4n) is 2.52. The van der Waals surface area contributed by atoms with Gasteiger partial charge in [0.1, 0.15) is 11.5 Å². The van der Waals surface area contributed by atoms with Crippen LogP contribution in [0.1, 0.15) is 32.0 Å². The molecule has 2 N–H and O–H groups in total. The molecule has 2 heterocycles. The molecule has 0 bridgehead atoms. The molecule has 0 atom stereocenters. The maximum Gasteiger partial charge on any atom is 0.258 e. The fourth-order valence-corrected chi connectivity index (χ4v) is 2.52. The van der Waals surface area contributed by atoms with Crippen LogP contribution in [0.3, 0.4) is 0 Å². The summed E-state index contributed by atoms with van der Waals surface area (Å²) in [5.74, 6) is 0.951. The first-order chi connectivity index (χ1) is 13.5. The van der Waals surface area contributed by atoms with Crippen LogP contribution in [-0.2, 0) is 6.42 Å². The number of hydrogen-bond acceptors (Lipinski definition) is 6. The third-order valence-electron chi connectivity index (χ3n) is 3.99. The van der Waals surface area contributed by atoms with Gasteiger partial charge in [0.25, 0.3) is 11.8 Å². The average molecular weight is 380 g/mol. The number of nitrogens with zero attached hydrogens (tertiary/aromatic N) is 2. The van der Waals surface area contributed by atoms with E-state index in [0.717, 1.165) is 11.3 Å². The first-order valence-corrected chi connectivity index (χ1v) is 8.66. The minimum atomic E-state index is -0.423. The second-order valence-electron chi connectivity index (χ2n) is 6.09. The van der Waals surface area contributed by atoms with E-state index < -0.39 is 5.91 Å². The van der Waals surface area contributed by atoms with Gasteiger partial charge in [0, 0.05) is 25.0 Å². The van der Waals surface area contributed by atoms with Crippen molar-refractivity contribution in [2.24, 2.45) is 0 Å². The van der Waals surface area contributed by atoms with Gasteiger partial charge in [0.15, 0.2) is 5.82 Å². The first-order valence-electron chi connectivity index (χ1n) is 8.66. The summed E-state index contributed by atoms with van der Waals surface area (Å²) in [5, 5.41) is 9.12. The number of pyridine rings is 1. The van der Waals surface area contributed by atoms with Crippen molar-refractivity contribution in [1.29, 1.82) is 0 Å². The van der Waals surface area contributed by atoms with Gasteiger partial charge in [-0.05, 0) is 37.1 Å². The van der Waals surface area contributed by atoms with E-state index >= 15 is 0 Å². The van der Waals surface area contributed by atoms with Crippen LogP contribution in [-0.4, -0.2) is 35.6 Å². The van der Waals surface area contributed by atoms with Crippen molar-refractivity contribution in [2.45, 2.75) is 13.3 Å². The van der Waals surface area contributed by atoms with Gasteiger partial charge in [-0.15, -0.1) is 0 Å². The van der Waals surface area contributed by atoms with Crippen molar-refractivity contribution in [3.63, 3.8) is 0 Å². The van der Waals surface area contributed by atoms with Crippen LogP contribution in [0.2, 0.25) is 0 Å². The Hall–Kier alpha value is -3.68. The number of benzene rings is 1. The second-order valence-corrected chi connectivity index (χ2v) is 6.09. The monoisotopic (exact) mass is 380 g/mol. The molecule has 0 saturated heterocycles. The zero-order valence-electron chi connectivity index (χ0n) is 15.6. The van der Waals surface area contributed by atoms with Crippen LogP contribution >= 0.6 is 0 Å². The highest BCUT2D eigenvalue weighted by Crippen LogP contribution is 2.12. The lowest BCUT2D eigenvalue weighted by molar-refractivity contribution is 0.0953. The van der Waals surface area contributed by atoms with E-state index in [1.807, 2.05) is 24.3 Å². The molecule has 0 fully saturated rings. The van der Waals surface area contributed by atoms with Gasteiger partial charge in [-0.2, -0.15) is 0 Å². The highest BCUT2D eigenvalue weighted by molar-refractivity contribution is 6.05. The van der Waals surface area contributed by atoms with Gasteiger partial charge in [0.2, 0.25) is 0 Å². The molecule has 1 aromatic carbocycles. The first kappa shape index (κ1) is 19.1. The number of nitrogens with one attached hydrogen (secondary N) is 2. The van der Waals surface area contributed by atoms with Crippen molar-refractivity contribution < 1.29 is 18.8 Å². The number of aryl methyl sites for hydroxylation is 1. The van der Waals surface area contributed by atoms with E-state index in [-0.39, 0.29) is 11.5 Å². The molecule has 28 heavy (non-hydrogen) atoms. The number of methoxy groups -OCH3 is 1. The summed E-state index contributed by atoms with van der Waals surface area (Å²) in [6.07, 6.45) is 3.48. The van der Waals surface area contributed by atoms with Crippen LogP contribution in [0.25, 0.3) is 0 Å². The number of carbonyl (C=O) groups is 2. The van der Waals surface area contributed by atoms with Gasteiger partial charge < -0.3 is 19.9 Å². The average Bonchev–Trinajstić information content (AvgIpc) is 3.13. The molecule has 3 rings (SSSR count). The lowest BCUT2D eigenvalue weighted by Crippen LogP contribution is -2.26. The molecule has 0 aliphatic rings. The van der Waals surface area contributed by atoms with Gasteiger partial charge in [-0.3, -0.25) is 14.6 Å². The van der Waals surface area contributed by atoms with Gasteiger partial charge >= 0.3 is 0 Å². The molecule has 8 nitrogen and oxygen atoms in total. The third-order valence-corrected chi connectivity index (χ3v) is 3.99. The zero-order chi connectivity index (χ0) is 19.9. The molecule has 0 unspecified atom stereocenters. The molecule has 0 saturated carbocycles. The quantitative estimate of drug-likeness (QED) is 0.653. The lowest BCUT2D eigenvalue weighted by atomic mass is 10.1. The Morgan fingerprint density at radius 3 is 2.43 bits per heavy atom. The maximum absolute atomic E-state index is 12.3. The second kappa shape index (κ2) is 8.81. The van der Waals surface area contributed by atoms with E-state index in [9.17, 15) is 9.59 Å². The highest BCUT2D eigenvalue weighted by atomic mass is 16.5. The standard InChI is InChI=1S/C20H20N4O4/c1-13-9-18(24-28-13)23-20(26)16-10-15(11-21-12-16)19(25)22-8-7-14-3-5-17(27-2)6-4-14/h3-6,9-12H,7-8H2,1-2H3,(H,22,25)(H,23,24,26). The van der Waals surface area contributed by atoms with E-state index in [0.29, 0.717) is 30.1 Å².